The van der Waals surface area contributed by atoms with Crippen molar-refractivity contribution in [3.63, 3.8) is 0 Å². The summed E-state index contributed by atoms with van der Waals surface area (Å²) in [5.74, 6) is 1.08. The maximum Gasteiger partial charge on any atom is 0.293 e. The number of hydrogen-bond acceptors (Lipinski definition) is 6. The van der Waals surface area contributed by atoms with E-state index in [-0.39, 0.29) is 11.6 Å². The highest BCUT2D eigenvalue weighted by atomic mass is 19.1. The first-order valence-corrected chi connectivity index (χ1v) is 8.58. The highest BCUT2D eigenvalue weighted by Gasteiger charge is 2.33. The lowest BCUT2D eigenvalue weighted by Gasteiger charge is -2.24. The molecule has 0 aromatic carbocycles. The van der Waals surface area contributed by atoms with Gasteiger partial charge in [-0.3, -0.25) is 9.69 Å². The van der Waals surface area contributed by atoms with Crippen molar-refractivity contribution < 1.29 is 8.91 Å². The molecule has 2 aromatic heterocycles. The standard InChI is InChI=1S/C17H24FN5O2/c1-4-22-6-5-19-16(17(22)24)20-8-14-7-13(18)9-23(14)10-15-11(2)21-25-12(15)3/h5-6,13-14H,4,7-10H2,1-3H3,(H,19,20)/t13-,14-/m0/s1. The van der Waals surface area contributed by atoms with Crippen LogP contribution in [-0.4, -0.2) is 44.9 Å². The zero-order valence-corrected chi connectivity index (χ0v) is 14.8. The Bertz CT molecular complexity index is 768. The minimum Gasteiger partial charge on any atom is -0.364 e. The summed E-state index contributed by atoms with van der Waals surface area (Å²) in [6, 6.07) is -0.0137. The van der Waals surface area contributed by atoms with Gasteiger partial charge in [0.15, 0.2) is 5.82 Å². The molecule has 136 valence electrons. The summed E-state index contributed by atoms with van der Waals surface area (Å²) >= 11 is 0. The molecule has 3 heterocycles. The molecule has 2 atom stereocenters. The van der Waals surface area contributed by atoms with Crippen LogP contribution in [0.2, 0.25) is 0 Å². The average Bonchev–Trinajstić information content (AvgIpc) is 3.10. The third-order valence-electron chi connectivity index (χ3n) is 4.78. The van der Waals surface area contributed by atoms with E-state index in [4.69, 9.17) is 4.52 Å². The molecule has 0 bridgehead atoms. The van der Waals surface area contributed by atoms with Crippen molar-refractivity contribution in [1.82, 2.24) is 19.6 Å². The van der Waals surface area contributed by atoms with E-state index in [2.05, 4.69) is 20.4 Å². The van der Waals surface area contributed by atoms with Crippen LogP contribution in [-0.2, 0) is 13.1 Å². The number of alkyl halides is 1. The van der Waals surface area contributed by atoms with Crippen LogP contribution in [0.4, 0.5) is 10.2 Å². The van der Waals surface area contributed by atoms with E-state index in [9.17, 15) is 9.18 Å². The fraction of sp³-hybridized carbons (Fsp3) is 0.588. The highest BCUT2D eigenvalue weighted by Crippen LogP contribution is 2.25. The van der Waals surface area contributed by atoms with E-state index in [0.717, 1.165) is 17.0 Å². The summed E-state index contributed by atoms with van der Waals surface area (Å²) in [7, 11) is 0. The summed E-state index contributed by atoms with van der Waals surface area (Å²) in [5, 5.41) is 7.06. The predicted octanol–water partition coefficient (Wildman–Crippen LogP) is 1.89. The monoisotopic (exact) mass is 349 g/mol. The Labute approximate surface area is 145 Å². The maximum absolute atomic E-state index is 14.0. The average molecular weight is 349 g/mol. The van der Waals surface area contributed by atoms with Crippen LogP contribution < -0.4 is 10.9 Å². The number of anilines is 1. The Morgan fingerprint density at radius 1 is 1.44 bits per heavy atom. The molecule has 1 aliphatic heterocycles. The van der Waals surface area contributed by atoms with Gasteiger partial charge in [-0.05, 0) is 27.2 Å². The number of nitrogens with one attached hydrogen (secondary N) is 1. The van der Waals surface area contributed by atoms with Gasteiger partial charge in [0.1, 0.15) is 11.9 Å². The van der Waals surface area contributed by atoms with Gasteiger partial charge in [-0.2, -0.15) is 0 Å². The number of aromatic nitrogens is 3. The second kappa shape index (κ2) is 7.35. The minimum absolute atomic E-state index is 0.0137. The Hall–Kier alpha value is -2.22. The van der Waals surface area contributed by atoms with E-state index in [0.29, 0.717) is 38.4 Å². The molecular formula is C17H24FN5O2. The van der Waals surface area contributed by atoms with Crippen molar-refractivity contribution in [3.05, 3.63) is 39.8 Å². The molecule has 0 radical (unpaired) electrons. The van der Waals surface area contributed by atoms with E-state index in [1.54, 1.807) is 17.0 Å². The van der Waals surface area contributed by atoms with Crippen molar-refractivity contribution in [2.24, 2.45) is 0 Å². The van der Waals surface area contributed by atoms with Crippen molar-refractivity contribution in [3.8, 4) is 0 Å². The van der Waals surface area contributed by atoms with Gasteiger partial charge in [0, 0.05) is 50.2 Å². The Balaban J connectivity index is 1.69. The molecule has 1 aliphatic rings. The van der Waals surface area contributed by atoms with Crippen LogP contribution in [0, 0.1) is 13.8 Å². The van der Waals surface area contributed by atoms with Crippen LogP contribution in [0.25, 0.3) is 0 Å². The van der Waals surface area contributed by atoms with Crippen LogP contribution in [0.5, 0.6) is 0 Å². The van der Waals surface area contributed by atoms with Gasteiger partial charge in [-0.15, -0.1) is 0 Å². The normalized spacial score (nSPS) is 21.0. The Kier molecular flexibility index (Phi) is 5.17. The molecule has 1 saturated heterocycles. The van der Waals surface area contributed by atoms with Gasteiger partial charge < -0.3 is 14.4 Å². The number of halogens is 1. The summed E-state index contributed by atoms with van der Waals surface area (Å²) in [4.78, 5) is 18.4. The zero-order valence-electron chi connectivity index (χ0n) is 14.8. The molecular weight excluding hydrogens is 325 g/mol. The van der Waals surface area contributed by atoms with Crippen molar-refractivity contribution in [2.75, 3.05) is 18.4 Å². The summed E-state index contributed by atoms with van der Waals surface area (Å²) in [6.45, 7) is 7.69. The highest BCUT2D eigenvalue weighted by molar-refractivity contribution is 5.31. The van der Waals surface area contributed by atoms with Gasteiger partial charge in [-0.1, -0.05) is 5.16 Å². The molecule has 0 spiro atoms. The van der Waals surface area contributed by atoms with E-state index >= 15 is 0 Å². The van der Waals surface area contributed by atoms with E-state index < -0.39 is 6.17 Å². The quantitative estimate of drug-likeness (QED) is 0.858. The molecule has 0 unspecified atom stereocenters. The molecule has 0 amide bonds. The first-order valence-electron chi connectivity index (χ1n) is 8.58. The van der Waals surface area contributed by atoms with E-state index in [1.165, 1.54) is 0 Å². The first-order chi connectivity index (χ1) is 12.0. The van der Waals surface area contributed by atoms with Crippen LogP contribution >= 0.6 is 0 Å². The number of hydrogen-bond donors (Lipinski definition) is 1. The molecule has 1 fully saturated rings. The van der Waals surface area contributed by atoms with Crippen LogP contribution in [0.15, 0.2) is 21.7 Å². The second-order valence-electron chi connectivity index (χ2n) is 6.47. The fourth-order valence-electron chi connectivity index (χ4n) is 3.29. The first kappa shape index (κ1) is 17.6. The number of nitrogens with zero attached hydrogens (tertiary/aromatic N) is 4. The van der Waals surface area contributed by atoms with Crippen LogP contribution in [0.1, 0.15) is 30.4 Å². The smallest absolute Gasteiger partial charge is 0.293 e. The second-order valence-corrected chi connectivity index (χ2v) is 6.47. The molecule has 3 rings (SSSR count). The number of likely N-dealkylation sites (tertiary alicyclic amines) is 1. The third kappa shape index (κ3) is 3.73. The lowest BCUT2D eigenvalue weighted by molar-refractivity contribution is 0.239. The van der Waals surface area contributed by atoms with Gasteiger partial charge in [0.05, 0.1) is 5.69 Å². The minimum atomic E-state index is -0.872. The summed E-state index contributed by atoms with van der Waals surface area (Å²) in [5.41, 5.74) is 1.68. The number of aryl methyl sites for hydroxylation is 3. The molecule has 7 nitrogen and oxygen atoms in total. The zero-order chi connectivity index (χ0) is 18.0. The number of rotatable bonds is 6. The van der Waals surface area contributed by atoms with Crippen molar-refractivity contribution in [2.45, 2.75) is 52.5 Å². The lowest BCUT2D eigenvalue weighted by atomic mass is 10.1. The van der Waals surface area contributed by atoms with Gasteiger partial charge in [-0.25, -0.2) is 9.37 Å². The molecule has 0 saturated carbocycles. The van der Waals surface area contributed by atoms with Gasteiger partial charge in [0.2, 0.25) is 0 Å². The summed E-state index contributed by atoms with van der Waals surface area (Å²) < 4.78 is 20.8. The van der Waals surface area contributed by atoms with Gasteiger partial charge >= 0.3 is 0 Å². The van der Waals surface area contributed by atoms with Crippen molar-refractivity contribution >= 4 is 5.82 Å². The Morgan fingerprint density at radius 2 is 2.24 bits per heavy atom. The Morgan fingerprint density at radius 3 is 2.92 bits per heavy atom. The van der Waals surface area contributed by atoms with Crippen LogP contribution in [0.3, 0.4) is 0 Å². The fourth-order valence-corrected chi connectivity index (χ4v) is 3.29. The SMILES string of the molecule is CCn1ccnc(NC[C@@H]2C[C@H](F)CN2Cc2c(C)noc2C)c1=O. The van der Waals surface area contributed by atoms with Gasteiger partial charge in [0.25, 0.3) is 5.56 Å². The maximum atomic E-state index is 14.0. The molecule has 8 heteroatoms. The molecule has 25 heavy (non-hydrogen) atoms. The lowest BCUT2D eigenvalue weighted by Crippen LogP contribution is -2.36. The predicted molar refractivity (Wildman–Crippen MR) is 92.3 cm³/mol. The topological polar surface area (TPSA) is 76.2 Å². The molecule has 2 aromatic rings. The summed E-state index contributed by atoms with van der Waals surface area (Å²) in [6.07, 6.45) is 2.82. The largest absolute Gasteiger partial charge is 0.364 e. The molecule has 0 aliphatic carbocycles. The third-order valence-corrected chi connectivity index (χ3v) is 4.78. The van der Waals surface area contributed by atoms with E-state index in [1.807, 2.05) is 20.8 Å². The molecule has 1 N–H and O–H groups in total. The van der Waals surface area contributed by atoms with Crippen molar-refractivity contribution in [1.29, 1.82) is 0 Å².